The van der Waals surface area contributed by atoms with Gasteiger partial charge in [0.25, 0.3) is 5.91 Å². The molecule has 38 heavy (non-hydrogen) atoms. The van der Waals surface area contributed by atoms with Crippen LogP contribution in [0.5, 0.6) is 5.75 Å². The topological polar surface area (TPSA) is 109 Å². The zero-order chi connectivity index (χ0) is 27.9. The number of hydrazone groups is 1. The van der Waals surface area contributed by atoms with E-state index >= 15 is 0 Å². The number of anilines is 2. The largest absolute Gasteiger partial charge is 0.483 e. The molecule has 0 aliphatic heterocycles. The quantitative estimate of drug-likeness (QED) is 0.185. The Morgan fingerprint density at radius 1 is 0.921 bits per heavy atom. The molecule has 3 amide bonds. The van der Waals surface area contributed by atoms with Gasteiger partial charge in [-0.15, -0.1) is 0 Å². The lowest BCUT2D eigenvalue weighted by Crippen LogP contribution is -2.32. The number of alkyl halides is 3. The molecule has 0 aliphatic carbocycles. The molecule has 14 heteroatoms. The Labute approximate surface area is 228 Å². The van der Waals surface area contributed by atoms with Gasteiger partial charge in [0.2, 0.25) is 0 Å². The van der Waals surface area contributed by atoms with Crippen LogP contribution >= 0.6 is 34.8 Å². The van der Waals surface area contributed by atoms with Gasteiger partial charge >= 0.3 is 18.0 Å². The molecular formula is C24H16Cl3F3N4O4. The number of amides is 3. The van der Waals surface area contributed by atoms with Gasteiger partial charge in [-0.1, -0.05) is 46.9 Å². The molecule has 3 aromatic carbocycles. The van der Waals surface area contributed by atoms with Crippen molar-refractivity contribution in [2.24, 2.45) is 5.10 Å². The maximum Gasteiger partial charge on any atom is 0.416 e. The second-order valence-electron chi connectivity index (χ2n) is 7.35. The van der Waals surface area contributed by atoms with Crippen LogP contribution in [-0.2, 0) is 20.6 Å². The molecule has 0 atom stereocenters. The fraction of sp³-hybridized carbons (Fsp3) is 0.0833. The highest BCUT2D eigenvalue weighted by molar-refractivity contribution is 6.45. The van der Waals surface area contributed by atoms with E-state index in [0.717, 1.165) is 24.4 Å². The molecule has 0 unspecified atom stereocenters. The van der Waals surface area contributed by atoms with Gasteiger partial charge in [0, 0.05) is 16.3 Å². The van der Waals surface area contributed by atoms with Crippen LogP contribution in [-0.4, -0.2) is 30.5 Å². The summed E-state index contributed by atoms with van der Waals surface area (Å²) in [5, 5.41) is 8.79. The Kier molecular flexibility index (Phi) is 9.56. The minimum Gasteiger partial charge on any atom is -0.483 e. The number of ether oxygens (including phenoxy) is 1. The van der Waals surface area contributed by atoms with Crippen LogP contribution in [0.15, 0.2) is 65.8 Å². The highest BCUT2D eigenvalue weighted by Crippen LogP contribution is 2.31. The molecule has 0 spiro atoms. The number of carbonyl (C=O) groups is 3. The first kappa shape index (κ1) is 28.8. The van der Waals surface area contributed by atoms with Gasteiger partial charge in [-0.3, -0.25) is 14.4 Å². The third kappa shape index (κ3) is 8.10. The molecule has 3 rings (SSSR count). The third-order valence-corrected chi connectivity index (χ3v) is 5.63. The Bertz CT molecular complexity index is 1400. The average molecular weight is 588 g/mol. The van der Waals surface area contributed by atoms with Gasteiger partial charge in [0.05, 0.1) is 27.5 Å². The first-order valence-corrected chi connectivity index (χ1v) is 11.6. The van der Waals surface area contributed by atoms with E-state index in [4.69, 9.17) is 39.5 Å². The van der Waals surface area contributed by atoms with E-state index < -0.39 is 36.1 Å². The normalized spacial score (nSPS) is 11.2. The van der Waals surface area contributed by atoms with Crippen LogP contribution in [0.3, 0.4) is 0 Å². The van der Waals surface area contributed by atoms with Crippen LogP contribution in [0.1, 0.15) is 11.1 Å². The molecule has 198 valence electrons. The summed E-state index contributed by atoms with van der Waals surface area (Å²) in [7, 11) is 0. The minimum atomic E-state index is -4.56. The minimum absolute atomic E-state index is 0.0524. The molecule has 0 bridgehead atoms. The summed E-state index contributed by atoms with van der Waals surface area (Å²) in [6.45, 7) is -0.562. The van der Waals surface area contributed by atoms with Gasteiger partial charge in [-0.25, -0.2) is 5.43 Å². The maximum atomic E-state index is 12.9. The Morgan fingerprint density at radius 2 is 1.66 bits per heavy atom. The van der Waals surface area contributed by atoms with Gasteiger partial charge in [0.1, 0.15) is 5.75 Å². The van der Waals surface area contributed by atoms with Crippen LogP contribution < -0.4 is 20.8 Å². The number of nitrogens with one attached hydrogen (secondary N) is 3. The lowest BCUT2D eigenvalue weighted by molar-refractivity contribution is -0.137. The van der Waals surface area contributed by atoms with E-state index in [2.05, 4.69) is 15.7 Å². The van der Waals surface area contributed by atoms with Crippen molar-refractivity contribution in [1.29, 1.82) is 0 Å². The summed E-state index contributed by atoms with van der Waals surface area (Å²) in [5.74, 6) is -2.81. The first-order valence-electron chi connectivity index (χ1n) is 10.4. The van der Waals surface area contributed by atoms with Crippen molar-refractivity contribution >= 4 is 70.1 Å². The van der Waals surface area contributed by atoms with Crippen molar-refractivity contribution in [1.82, 2.24) is 5.43 Å². The van der Waals surface area contributed by atoms with Gasteiger partial charge in [-0.2, -0.15) is 18.3 Å². The second kappa shape index (κ2) is 12.6. The molecule has 8 nitrogen and oxygen atoms in total. The smallest absolute Gasteiger partial charge is 0.416 e. The zero-order valence-electron chi connectivity index (χ0n) is 18.9. The molecule has 0 fully saturated rings. The summed E-state index contributed by atoms with van der Waals surface area (Å²) in [5.41, 5.74) is 1.39. The van der Waals surface area contributed by atoms with Crippen LogP contribution in [0, 0.1) is 0 Å². The lowest BCUT2D eigenvalue weighted by Gasteiger charge is -2.12. The highest BCUT2D eigenvalue weighted by Gasteiger charge is 2.30. The van der Waals surface area contributed by atoms with E-state index in [1.807, 2.05) is 5.43 Å². The zero-order valence-corrected chi connectivity index (χ0v) is 21.2. The van der Waals surface area contributed by atoms with Crippen LogP contribution in [0.25, 0.3) is 0 Å². The van der Waals surface area contributed by atoms with Crippen molar-refractivity contribution in [3.8, 4) is 5.75 Å². The standard InChI is InChI=1S/C24H16Cl3F3N4O4/c25-15-7-8-19(38-12-20(35)32-16-4-1-3-14(10-16)24(28,29)30)13(9-15)11-31-34-23(37)22(36)33-18-6-2-5-17(26)21(18)27/h1-11H,12H2,(H,32,35)(H,33,36)(H,34,37)/b31-11-. The van der Waals surface area contributed by atoms with Crippen molar-refractivity contribution < 1.29 is 32.3 Å². The highest BCUT2D eigenvalue weighted by atomic mass is 35.5. The monoisotopic (exact) mass is 586 g/mol. The van der Waals surface area contributed by atoms with Crippen molar-refractivity contribution in [3.05, 3.63) is 86.9 Å². The van der Waals surface area contributed by atoms with E-state index in [-0.39, 0.29) is 37.8 Å². The van der Waals surface area contributed by atoms with Crippen molar-refractivity contribution in [3.63, 3.8) is 0 Å². The molecule has 3 N–H and O–H groups in total. The fourth-order valence-electron chi connectivity index (χ4n) is 2.86. The van der Waals surface area contributed by atoms with Gasteiger partial charge in [0.15, 0.2) is 6.61 Å². The lowest BCUT2D eigenvalue weighted by atomic mass is 10.2. The molecule has 0 aromatic heterocycles. The number of nitrogens with zero attached hydrogens (tertiary/aromatic N) is 1. The molecule has 0 heterocycles. The molecule has 0 radical (unpaired) electrons. The molecule has 0 saturated heterocycles. The second-order valence-corrected chi connectivity index (χ2v) is 8.57. The number of carbonyl (C=O) groups excluding carboxylic acids is 3. The van der Waals surface area contributed by atoms with Crippen molar-refractivity contribution in [2.75, 3.05) is 17.2 Å². The van der Waals surface area contributed by atoms with E-state index in [1.165, 1.54) is 42.5 Å². The average Bonchev–Trinajstić information content (AvgIpc) is 2.86. The Balaban J connectivity index is 1.60. The molecule has 0 saturated carbocycles. The Hall–Kier alpha value is -3.80. The first-order chi connectivity index (χ1) is 17.9. The van der Waals surface area contributed by atoms with Gasteiger partial charge < -0.3 is 15.4 Å². The van der Waals surface area contributed by atoms with Gasteiger partial charge in [-0.05, 0) is 48.5 Å². The summed E-state index contributed by atoms with van der Waals surface area (Å²) in [4.78, 5) is 36.4. The van der Waals surface area contributed by atoms with Crippen LogP contribution in [0.4, 0.5) is 24.5 Å². The molecule has 3 aromatic rings. The number of halogens is 6. The predicted molar refractivity (Wildman–Crippen MR) is 138 cm³/mol. The number of rotatable bonds is 7. The van der Waals surface area contributed by atoms with E-state index in [0.29, 0.717) is 0 Å². The summed E-state index contributed by atoms with van der Waals surface area (Å²) in [6, 6.07) is 12.9. The van der Waals surface area contributed by atoms with E-state index in [1.54, 1.807) is 0 Å². The van der Waals surface area contributed by atoms with Crippen LogP contribution in [0.2, 0.25) is 15.1 Å². The number of hydrogen-bond acceptors (Lipinski definition) is 5. The summed E-state index contributed by atoms with van der Waals surface area (Å²) >= 11 is 17.8. The number of hydrogen-bond donors (Lipinski definition) is 3. The number of benzene rings is 3. The maximum absolute atomic E-state index is 12.9. The van der Waals surface area contributed by atoms with Crippen molar-refractivity contribution in [2.45, 2.75) is 6.18 Å². The Morgan fingerprint density at radius 3 is 2.39 bits per heavy atom. The molecule has 0 aliphatic rings. The van der Waals surface area contributed by atoms with E-state index in [9.17, 15) is 27.6 Å². The summed E-state index contributed by atoms with van der Waals surface area (Å²) in [6.07, 6.45) is -3.45. The summed E-state index contributed by atoms with van der Waals surface area (Å²) < 4.78 is 44.0. The predicted octanol–water partition coefficient (Wildman–Crippen LogP) is 5.77. The SMILES string of the molecule is O=C(COc1ccc(Cl)cc1/C=N\NC(=O)C(=O)Nc1cccc(Cl)c1Cl)Nc1cccc(C(F)(F)F)c1. The fourth-order valence-corrected chi connectivity index (χ4v) is 3.38. The molecular weight excluding hydrogens is 572 g/mol. The third-order valence-electron chi connectivity index (χ3n) is 4.58.